The van der Waals surface area contributed by atoms with Gasteiger partial charge in [-0.2, -0.15) is 9.67 Å². The second kappa shape index (κ2) is 6.80. The molecule has 156 valence electrons. The van der Waals surface area contributed by atoms with Gasteiger partial charge in [0, 0.05) is 55.3 Å². The van der Waals surface area contributed by atoms with Crippen LogP contribution in [0.3, 0.4) is 0 Å². The van der Waals surface area contributed by atoms with Crippen LogP contribution in [0, 0.1) is 11.7 Å². The first kappa shape index (κ1) is 18.4. The van der Waals surface area contributed by atoms with Crippen molar-refractivity contribution in [2.45, 2.75) is 31.5 Å². The van der Waals surface area contributed by atoms with Crippen LogP contribution in [0.15, 0.2) is 73.8 Å². The van der Waals surface area contributed by atoms with Gasteiger partial charge in [0.15, 0.2) is 6.20 Å². The molecule has 5 nitrogen and oxygen atoms in total. The number of hydrogen-bond donors (Lipinski definition) is 0. The highest BCUT2D eigenvalue weighted by atomic mass is 19.1. The summed E-state index contributed by atoms with van der Waals surface area (Å²) in [5.41, 5.74) is 5.34. The van der Waals surface area contributed by atoms with E-state index in [9.17, 15) is 4.39 Å². The largest absolute Gasteiger partial charge is 0.358 e. The summed E-state index contributed by atoms with van der Waals surface area (Å²) in [6, 6.07) is 13.5. The van der Waals surface area contributed by atoms with E-state index in [1.165, 1.54) is 0 Å². The fourth-order valence-electron chi connectivity index (χ4n) is 5.68. The van der Waals surface area contributed by atoms with Gasteiger partial charge in [-0.25, -0.2) is 9.07 Å². The average Bonchev–Trinajstić information content (AvgIpc) is 3.40. The Balaban J connectivity index is 1.53. The van der Waals surface area contributed by atoms with Crippen LogP contribution in [-0.2, 0) is 6.54 Å². The molecule has 0 amide bonds. The fraction of sp³-hybridized carbons (Fsp3) is 0.280. The van der Waals surface area contributed by atoms with Crippen molar-refractivity contribution in [3.05, 3.63) is 85.2 Å². The van der Waals surface area contributed by atoms with E-state index >= 15 is 0 Å². The Kier molecular flexibility index (Phi) is 4.03. The number of pyridine rings is 1. The third-order valence-electron chi connectivity index (χ3n) is 7.03. The monoisotopic (exact) mass is 414 g/mol. The van der Waals surface area contributed by atoms with Gasteiger partial charge in [0.25, 0.3) is 0 Å². The van der Waals surface area contributed by atoms with E-state index in [0.717, 1.165) is 47.7 Å². The molecule has 0 aliphatic carbocycles. The Bertz CT molecular complexity index is 1210. The molecule has 1 aromatic carbocycles. The standard InChI is InChI=1S/C25H25FN5/c1-17-15-21-19(9-12-29-11-4-3-5-23(29)24-8-10-27-31(17)24)20-16-18(26)6-7-22(20)30-14-13-28(2)25(21)30/h3-8,10-11,13-14,16,19,21,25H,1,9,12,15H2,2H3/q+1. The molecular weight excluding hydrogens is 389 g/mol. The first-order valence-corrected chi connectivity index (χ1v) is 10.8. The summed E-state index contributed by atoms with van der Waals surface area (Å²) in [6.07, 6.45) is 10.1. The quantitative estimate of drug-likeness (QED) is 0.516. The number of allylic oxidation sites excluding steroid dienone is 1. The number of aromatic nitrogens is 3. The SMILES string of the molecule is C=C1CC2C(CC[n+]3ccccc3-c3ccnn31)c1cc(F)ccc1N1C=CN(C)C21. The number of hydrogen-bond acceptors (Lipinski definition) is 3. The van der Waals surface area contributed by atoms with Crippen LogP contribution in [0.1, 0.15) is 24.3 Å². The maximum absolute atomic E-state index is 14.4. The molecule has 6 heteroatoms. The van der Waals surface area contributed by atoms with Gasteiger partial charge >= 0.3 is 0 Å². The smallest absolute Gasteiger partial charge is 0.231 e. The number of fused-ring (bicyclic) bond motifs is 9. The van der Waals surface area contributed by atoms with Gasteiger partial charge in [0.05, 0.1) is 6.20 Å². The summed E-state index contributed by atoms with van der Waals surface area (Å²) < 4.78 is 18.6. The van der Waals surface area contributed by atoms with Crippen molar-refractivity contribution in [2.75, 3.05) is 11.9 Å². The first-order valence-electron chi connectivity index (χ1n) is 10.8. The Labute approximate surface area is 181 Å². The molecule has 3 unspecified atom stereocenters. The normalized spacial score (nSPS) is 24.2. The molecule has 0 fully saturated rings. The summed E-state index contributed by atoms with van der Waals surface area (Å²) in [5.74, 6) is 0.291. The Hall–Kier alpha value is -3.41. The van der Waals surface area contributed by atoms with Gasteiger partial charge in [-0.3, -0.25) is 0 Å². The van der Waals surface area contributed by atoms with Crippen molar-refractivity contribution in [1.29, 1.82) is 0 Å². The molecule has 0 saturated heterocycles. The van der Waals surface area contributed by atoms with Gasteiger partial charge in [-0.15, -0.1) is 0 Å². The summed E-state index contributed by atoms with van der Waals surface area (Å²) in [6.45, 7) is 5.29. The van der Waals surface area contributed by atoms with Crippen LogP contribution in [-0.4, -0.2) is 27.9 Å². The minimum absolute atomic E-state index is 0.175. The van der Waals surface area contributed by atoms with E-state index in [2.05, 4.69) is 76.0 Å². The van der Waals surface area contributed by atoms with Crippen LogP contribution in [0.5, 0.6) is 0 Å². The van der Waals surface area contributed by atoms with Crippen molar-refractivity contribution >= 4 is 11.4 Å². The molecule has 3 aromatic rings. The van der Waals surface area contributed by atoms with E-state index in [4.69, 9.17) is 0 Å². The Morgan fingerprint density at radius 3 is 2.97 bits per heavy atom. The minimum atomic E-state index is -0.175. The van der Waals surface area contributed by atoms with Crippen LogP contribution in [0.25, 0.3) is 17.1 Å². The molecule has 3 aliphatic heterocycles. The highest BCUT2D eigenvalue weighted by Gasteiger charge is 2.45. The number of anilines is 1. The minimum Gasteiger partial charge on any atom is -0.358 e. The number of rotatable bonds is 0. The van der Waals surface area contributed by atoms with Crippen molar-refractivity contribution < 1.29 is 8.96 Å². The van der Waals surface area contributed by atoms with E-state index in [1.54, 1.807) is 12.1 Å². The van der Waals surface area contributed by atoms with Crippen molar-refractivity contribution in [3.8, 4) is 11.4 Å². The fourth-order valence-corrected chi connectivity index (χ4v) is 5.68. The molecule has 5 heterocycles. The lowest BCUT2D eigenvalue weighted by Gasteiger charge is -2.46. The lowest BCUT2D eigenvalue weighted by Crippen LogP contribution is -2.50. The lowest BCUT2D eigenvalue weighted by molar-refractivity contribution is -0.687. The van der Waals surface area contributed by atoms with E-state index in [0.29, 0.717) is 0 Å². The molecular formula is C25H25FN5+. The number of nitrogens with zero attached hydrogens (tertiary/aromatic N) is 5. The van der Waals surface area contributed by atoms with Crippen LogP contribution < -0.4 is 9.47 Å². The molecule has 0 spiro atoms. The summed E-state index contributed by atoms with van der Waals surface area (Å²) in [4.78, 5) is 4.56. The van der Waals surface area contributed by atoms with Gasteiger partial charge in [-0.05, 0) is 48.2 Å². The zero-order valence-corrected chi connectivity index (χ0v) is 17.5. The van der Waals surface area contributed by atoms with Gasteiger partial charge < -0.3 is 9.80 Å². The number of aryl methyl sites for hydroxylation is 1. The molecule has 3 aliphatic rings. The summed E-state index contributed by atoms with van der Waals surface area (Å²) in [7, 11) is 2.12. The van der Waals surface area contributed by atoms with E-state index < -0.39 is 0 Å². The maximum atomic E-state index is 14.4. The van der Waals surface area contributed by atoms with Crippen molar-refractivity contribution in [1.82, 2.24) is 14.7 Å². The Morgan fingerprint density at radius 1 is 1.16 bits per heavy atom. The molecule has 0 radical (unpaired) electrons. The van der Waals surface area contributed by atoms with Gasteiger partial charge in [0.2, 0.25) is 5.69 Å². The summed E-state index contributed by atoms with van der Waals surface area (Å²) in [5, 5.41) is 4.61. The predicted octanol–water partition coefficient (Wildman–Crippen LogP) is 4.20. The van der Waals surface area contributed by atoms with Gasteiger partial charge in [-0.1, -0.05) is 6.58 Å². The summed E-state index contributed by atoms with van der Waals surface area (Å²) >= 11 is 0. The second-order valence-electron chi connectivity index (χ2n) is 8.72. The highest BCUT2D eigenvalue weighted by molar-refractivity contribution is 5.64. The predicted molar refractivity (Wildman–Crippen MR) is 118 cm³/mol. The van der Waals surface area contributed by atoms with Gasteiger partial charge in [0.1, 0.15) is 24.2 Å². The lowest BCUT2D eigenvalue weighted by atomic mass is 9.74. The molecule has 0 saturated carbocycles. The first-order chi connectivity index (χ1) is 15.1. The third kappa shape index (κ3) is 2.74. The molecule has 6 rings (SSSR count). The molecule has 2 aromatic heterocycles. The highest BCUT2D eigenvalue weighted by Crippen LogP contribution is 2.49. The number of benzene rings is 1. The van der Waals surface area contributed by atoms with Crippen LogP contribution >= 0.6 is 0 Å². The average molecular weight is 415 g/mol. The number of halogens is 1. The van der Waals surface area contributed by atoms with E-state index in [1.807, 2.05) is 16.9 Å². The molecule has 31 heavy (non-hydrogen) atoms. The molecule has 3 atom stereocenters. The van der Waals surface area contributed by atoms with Crippen molar-refractivity contribution in [3.63, 3.8) is 0 Å². The van der Waals surface area contributed by atoms with Crippen LogP contribution in [0.2, 0.25) is 0 Å². The second-order valence-corrected chi connectivity index (χ2v) is 8.72. The third-order valence-corrected chi connectivity index (χ3v) is 7.03. The molecule has 0 N–H and O–H groups in total. The maximum Gasteiger partial charge on any atom is 0.231 e. The molecule has 0 bridgehead atoms. The van der Waals surface area contributed by atoms with Crippen molar-refractivity contribution in [2.24, 2.45) is 5.92 Å². The zero-order chi connectivity index (χ0) is 21.1. The Morgan fingerprint density at radius 2 is 2.06 bits per heavy atom. The topological polar surface area (TPSA) is 28.2 Å². The zero-order valence-electron chi connectivity index (χ0n) is 17.5. The van der Waals surface area contributed by atoms with Crippen LogP contribution in [0.4, 0.5) is 10.1 Å². The van der Waals surface area contributed by atoms with E-state index in [-0.39, 0.29) is 23.8 Å².